The van der Waals surface area contributed by atoms with Crippen LogP contribution in [0.4, 0.5) is 0 Å². The Morgan fingerprint density at radius 3 is 2.46 bits per heavy atom. The lowest BCUT2D eigenvalue weighted by Crippen LogP contribution is -2.43. The first kappa shape index (κ1) is 11.0. The van der Waals surface area contributed by atoms with Crippen LogP contribution in [0, 0.1) is 17.8 Å². The van der Waals surface area contributed by atoms with Crippen LogP contribution >= 0.6 is 0 Å². The van der Waals surface area contributed by atoms with E-state index in [1.54, 1.807) is 0 Å². The quantitative estimate of drug-likeness (QED) is 0.731. The van der Waals surface area contributed by atoms with Gasteiger partial charge >= 0.3 is 0 Å². The molecule has 0 saturated carbocycles. The van der Waals surface area contributed by atoms with Gasteiger partial charge in [0.05, 0.1) is 18.8 Å². The molecule has 0 aromatic rings. The highest BCUT2D eigenvalue weighted by molar-refractivity contribution is 4.92. The largest absolute Gasteiger partial charge is 0.387 e. The molecule has 1 heterocycles. The van der Waals surface area contributed by atoms with Crippen LogP contribution < -0.4 is 0 Å². The van der Waals surface area contributed by atoms with Crippen molar-refractivity contribution in [3.05, 3.63) is 0 Å². The van der Waals surface area contributed by atoms with E-state index in [1.165, 1.54) is 0 Å². The van der Waals surface area contributed by atoms with Gasteiger partial charge < -0.3 is 9.84 Å². The molecule has 0 aliphatic carbocycles. The second-order valence-electron chi connectivity index (χ2n) is 4.94. The van der Waals surface area contributed by atoms with E-state index < -0.39 is 5.60 Å². The number of hydrogen-bond donors (Lipinski definition) is 1. The molecular weight excluding hydrogens is 164 g/mol. The molecule has 3 unspecified atom stereocenters. The summed E-state index contributed by atoms with van der Waals surface area (Å²) in [6, 6.07) is 0. The summed E-state index contributed by atoms with van der Waals surface area (Å²) in [5.41, 5.74) is -0.579. The van der Waals surface area contributed by atoms with E-state index in [2.05, 4.69) is 27.7 Å². The second kappa shape index (κ2) is 3.97. The highest BCUT2D eigenvalue weighted by Crippen LogP contribution is 2.35. The van der Waals surface area contributed by atoms with Crippen molar-refractivity contribution >= 4 is 0 Å². The van der Waals surface area contributed by atoms with Gasteiger partial charge in [-0.2, -0.15) is 0 Å². The summed E-state index contributed by atoms with van der Waals surface area (Å²) in [6.07, 6.45) is 1.07. The fourth-order valence-electron chi connectivity index (χ4n) is 2.22. The van der Waals surface area contributed by atoms with Crippen LogP contribution in [0.2, 0.25) is 0 Å². The topological polar surface area (TPSA) is 29.5 Å². The van der Waals surface area contributed by atoms with E-state index in [9.17, 15) is 5.11 Å². The molecule has 1 aliphatic heterocycles. The van der Waals surface area contributed by atoms with E-state index in [-0.39, 0.29) is 5.92 Å². The Bertz CT molecular complexity index is 167. The van der Waals surface area contributed by atoms with Gasteiger partial charge in [0.25, 0.3) is 0 Å². The summed E-state index contributed by atoms with van der Waals surface area (Å²) in [7, 11) is 0. The lowest BCUT2D eigenvalue weighted by molar-refractivity contribution is -0.0474. The van der Waals surface area contributed by atoms with Gasteiger partial charge in [0.15, 0.2) is 0 Å². The van der Waals surface area contributed by atoms with Gasteiger partial charge in [-0.25, -0.2) is 0 Å². The zero-order valence-corrected chi connectivity index (χ0v) is 9.21. The van der Waals surface area contributed by atoms with Crippen molar-refractivity contribution in [2.24, 2.45) is 17.8 Å². The molecule has 0 radical (unpaired) electrons. The molecule has 78 valence electrons. The molecule has 1 N–H and O–H groups in total. The van der Waals surface area contributed by atoms with E-state index in [1.807, 2.05) is 0 Å². The standard InChI is InChI=1S/C11H22O2/c1-8(2)5-9(3)11(12)7-13-6-10(11)4/h8-10,12H,5-7H2,1-4H3. The zero-order valence-electron chi connectivity index (χ0n) is 9.21. The SMILES string of the molecule is CC(C)CC(C)C1(O)COCC1C. The van der Waals surface area contributed by atoms with E-state index in [0.29, 0.717) is 25.0 Å². The average molecular weight is 186 g/mol. The Morgan fingerprint density at radius 1 is 1.46 bits per heavy atom. The number of ether oxygens (including phenoxy) is 1. The smallest absolute Gasteiger partial charge is 0.0952 e. The van der Waals surface area contributed by atoms with Crippen LogP contribution in [0.15, 0.2) is 0 Å². The minimum atomic E-state index is -0.579. The minimum Gasteiger partial charge on any atom is -0.387 e. The normalized spacial score (nSPS) is 36.9. The Labute approximate surface area is 81.3 Å². The molecule has 3 atom stereocenters. The molecule has 0 spiro atoms. The monoisotopic (exact) mass is 186 g/mol. The Kier molecular flexibility index (Phi) is 3.36. The van der Waals surface area contributed by atoms with Crippen molar-refractivity contribution in [3.63, 3.8) is 0 Å². The minimum absolute atomic E-state index is 0.279. The fraction of sp³-hybridized carbons (Fsp3) is 1.00. The maximum atomic E-state index is 10.4. The van der Waals surface area contributed by atoms with Crippen LogP contribution in [-0.4, -0.2) is 23.9 Å². The third kappa shape index (κ3) is 2.23. The third-order valence-electron chi connectivity index (χ3n) is 3.23. The molecule has 13 heavy (non-hydrogen) atoms. The van der Waals surface area contributed by atoms with Gasteiger partial charge in [0, 0.05) is 5.92 Å². The first-order chi connectivity index (χ1) is 5.97. The third-order valence-corrected chi connectivity index (χ3v) is 3.23. The molecule has 2 heteroatoms. The Balaban J connectivity index is 2.57. The number of aliphatic hydroxyl groups is 1. The van der Waals surface area contributed by atoms with E-state index in [0.717, 1.165) is 6.42 Å². The van der Waals surface area contributed by atoms with Crippen molar-refractivity contribution < 1.29 is 9.84 Å². The molecule has 1 rings (SSSR count). The Hall–Kier alpha value is -0.0800. The van der Waals surface area contributed by atoms with Gasteiger partial charge in [0.2, 0.25) is 0 Å². The van der Waals surface area contributed by atoms with Crippen LogP contribution in [0.5, 0.6) is 0 Å². The summed E-state index contributed by atoms with van der Waals surface area (Å²) in [4.78, 5) is 0. The highest BCUT2D eigenvalue weighted by Gasteiger charge is 2.43. The molecule has 1 aliphatic rings. The van der Waals surface area contributed by atoms with Crippen molar-refractivity contribution in [1.29, 1.82) is 0 Å². The zero-order chi connectivity index (χ0) is 10.1. The fourth-order valence-corrected chi connectivity index (χ4v) is 2.22. The molecule has 0 bridgehead atoms. The maximum absolute atomic E-state index is 10.4. The van der Waals surface area contributed by atoms with Gasteiger partial charge in [0.1, 0.15) is 0 Å². The second-order valence-corrected chi connectivity index (χ2v) is 4.94. The van der Waals surface area contributed by atoms with Crippen LogP contribution in [-0.2, 0) is 4.74 Å². The summed E-state index contributed by atoms with van der Waals surface area (Å²) in [5, 5.41) is 10.4. The number of rotatable bonds is 3. The molecule has 2 nitrogen and oxygen atoms in total. The van der Waals surface area contributed by atoms with Crippen LogP contribution in [0.1, 0.15) is 34.1 Å². The lowest BCUT2D eigenvalue weighted by Gasteiger charge is -2.33. The van der Waals surface area contributed by atoms with E-state index >= 15 is 0 Å². The summed E-state index contributed by atoms with van der Waals surface area (Å²) in [6.45, 7) is 9.82. The van der Waals surface area contributed by atoms with Crippen molar-refractivity contribution in [1.82, 2.24) is 0 Å². The molecule has 0 aromatic carbocycles. The van der Waals surface area contributed by atoms with Crippen molar-refractivity contribution in [2.75, 3.05) is 13.2 Å². The first-order valence-corrected chi connectivity index (χ1v) is 5.27. The molecule has 1 saturated heterocycles. The lowest BCUT2D eigenvalue weighted by atomic mass is 9.77. The maximum Gasteiger partial charge on any atom is 0.0952 e. The Morgan fingerprint density at radius 2 is 2.08 bits per heavy atom. The molecular formula is C11H22O2. The van der Waals surface area contributed by atoms with Crippen molar-refractivity contribution in [3.8, 4) is 0 Å². The van der Waals surface area contributed by atoms with Crippen LogP contribution in [0.3, 0.4) is 0 Å². The molecule has 1 fully saturated rings. The first-order valence-electron chi connectivity index (χ1n) is 5.27. The van der Waals surface area contributed by atoms with E-state index in [4.69, 9.17) is 4.74 Å². The molecule has 0 amide bonds. The summed E-state index contributed by atoms with van der Waals surface area (Å²) < 4.78 is 5.33. The predicted molar refractivity (Wildman–Crippen MR) is 53.6 cm³/mol. The summed E-state index contributed by atoms with van der Waals surface area (Å²) >= 11 is 0. The van der Waals surface area contributed by atoms with Gasteiger partial charge in [-0.05, 0) is 18.3 Å². The van der Waals surface area contributed by atoms with Gasteiger partial charge in [-0.15, -0.1) is 0 Å². The van der Waals surface area contributed by atoms with Gasteiger partial charge in [-0.3, -0.25) is 0 Å². The van der Waals surface area contributed by atoms with Crippen LogP contribution in [0.25, 0.3) is 0 Å². The summed E-state index contributed by atoms with van der Waals surface area (Å²) in [5.74, 6) is 1.26. The number of hydrogen-bond acceptors (Lipinski definition) is 2. The van der Waals surface area contributed by atoms with Crippen molar-refractivity contribution in [2.45, 2.75) is 39.7 Å². The highest BCUT2D eigenvalue weighted by atomic mass is 16.5. The average Bonchev–Trinajstić information content (AvgIpc) is 2.32. The molecule has 0 aromatic heterocycles. The van der Waals surface area contributed by atoms with Gasteiger partial charge in [-0.1, -0.05) is 27.7 Å². The predicted octanol–water partition coefficient (Wildman–Crippen LogP) is 2.07.